The van der Waals surface area contributed by atoms with E-state index in [1.54, 1.807) is 20.8 Å². The van der Waals surface area contributed by atoms with Crippen LogP contribution in [0.2, 0.25) is 10.0 Å². The number of hydroxylamine groups is 1. The number of methoxy groups -OCH3 is 2. The number of hydrogen-bond acceptors (Lipinski definition) is 10. The van der Waals surface area contributed by atoms with E-state index in [2.05, 4.69) is 10.5 Å². The van der Waals surface area contributed by atoms with Crippen molar-refractivity contribution < 1.29 is 38.2 Å². The van der Waals surface area contributed by atoms with Crippen molar-refractivity contribution in [1.82, 2.24) is 10.5 Å². The van der Waals surface area contributed by atoms with Gasteiger partial charge < -0.3 is 18.9 Å². The summed E-state index contributed by atoms with van der Waals surface area (Å²) >= 11 is 12.6. The number of benzene rings is 1. The second-order valence-corrected chi connectivity index (χ2v) is 9.96. The Kier molecular flexibility index (Phi) is 8.75. The van der Waals surface area contributed by atoms with E-state index in [1.165, 1.54) is 57.9 Å². The lowest BCUT2D eigenvalue weighted by Crippen LogP contribution is -2.41. The normalized spacial score (nSPS) is 16.7. The predicted molar refractivity (Wildman–Crippen MR) is 139 cm³/mol. The minimum Gasteiger partial charge on any atom is -0.493 e. The quantitative estimate of drug-likeness (QED) is 0.470. The Balaban J connectivity index is 1.98. The minimum absolute atomic E-state index is 0.0288. The number of halogens is 2. The van der Waals surface area contributed by atoms with E-state index in [-0.39, 0.29) is 39.4 Å². The molecule has 38 heavy (non-hydrogen) atoms. The summed E-state index contributed by atoms with van der Waals surface area (Å²) in [6.07, 6.45) is 2.97. The van der Waals surface area contributed by atoms with Crippen molar-refractivity contribution in [3.05, 3.63) is 58.0 Å². The minimum atomic E-state index is -1.42. The van der Waals surface area contributed by atoms with Crippen LogP contribution in [-0.4, -0.2) is 55.0 Å². The number of aromatic nitrogens is 1. The number of amides is 2. The molecule has 2 amide bonds. The van der Waals surface area contributed by atoms with Crippen LogP contribution in [0.5, 0.6) is 11.5 Å². The third kappa shape index (κ3) is 6.12. The molecule has 0 bridgehead atoms. The van der Waals surface area contributed by atoms with Crippen LogP contribution in [0.15, 0.2) is 42.4 Å². The Hall–Kier alpha value is -3.54. The molecule has 3 rings (SSSR count). The van der Waals surface area contributed by atoms with Gasteiger partial charge in [0.1, 0.15) is 12.2 Å². The van der Waals surface area contributed by atoms with Crippen LogP contribution in [-0.2, 0) is 19.1 Å². The largest absolute Gasteiger partial charge is 0.493 e. The van der Waals surface area contributed by atoms with Crippen LogP contribution in [0.4, 0.5) is 10.5 Å². The molecule has 1 aliphatic rings. The van der Waals surface area contributed by atoms with Crippen molar-refractivity contribution >= 4 is 46.9 Å². The highest BCUT2D eigenvalue weighted by molar-refractivity contribution is 6.41. The maximum absolute atomic E-state index is 13.7. The molecule has 0 radical (unpaired) electrons. The van der Waals surface area contributed by atoms with Gasteiger partial charge >= 0.3 is 12.1 Å². The molecule has 0 aliphatic carbocycles. The summed E-state index contributed by atoms with van der Waals surface area (Å²) in [5.41, 5.74) is 0.553. The highest BCUT2D eigenvalue weighted by Crippen LogP contribution is 2.36. The monoisotopic (exact) mass is 567 g/mol. The number of hydrogen-bond donors (Lipinski definition) is 1. The number of pyridine rings is 1. The summed E-state index contributed by atoms with van der Waals surface area (Å²) in [7, 11) is 2.66. The van der Waals surface area contributed by atoms with Crippen LogP contribution < -0.4 is 19.9 Å². The first-order valence-electron chi connectivity index (χ1n) is 11.2. The molecule has 0 saturated heterocycles. The summed E-state index contributed by atoms with van der Waals surface area (Å²) in [6, 6.07) is 4.30. The van der Waals surface area contributed by atoms with Gasteiger partial charge in [-0.1, -0.05) is 23.2 Å². The molecule has 2 heterocycles. The molecule has 2 aromatic rings. The van der Waals surface area contributed by atoms with Gasteiger partial charge in [0, 0.05) is 29.7 Å². The van der Waals surface area contributed by atoms with E-state index >= 15 is 0 Å². The third-order valence-electron chi connectivity index (χ3n) is 5.31. The first-order chi connectivity index (χ1) is 17.8. The summed E-state index contributed by atoms with van der Waals surface area (Å²) in [5, 5.41) is -0.0751. The number of nitrogens with one attached hydrogen (secondary N) is 1. The highest BCUT2D eigenvalue weighted by atomic mass is 35.5. The predicted octanol–water partition coefficient (Wildman–Crippen LogP) is 4.71. The molecule has 1 aromatic heterocycles. The van der Waals surface area contributed by atoms with Gasteiger partial charge in [-0.2, -0.15) is 0 Å². The number of ether oxygens (including phenoxy) is 4. The fourth-order valence-corrected chi connectivity index (χ4v) is 3.91. The standard InChI is InChI=1S/C25H27Cl2N3O8/c1-24(2,3)37-23(33)30(20-16(26)11-28-12-17(20)27)21(31)14-7-8-18(34-5)19(9-14)36-13-15-10-29-38-25(15,4)22(32)35-6/h7-12,29H,13H2,1-6H3. The lowest BCUT2D eigenvalue weighted by molar-refractivity contribution is -0.165. The average Bonchev–Trinajstić information content (AvgIpc) is 3.24. The van der Waals surface area contributed by atoms with Crippen LogP contribution in [0.3, 0.4) is 0 Å². The van der Waals surface area contributed by atoms with Crippen molar-refractivity contribution in [2.75, 3.05) is 25.7 Å². The van der Waals surface area contributed by atoms with Gasteiger partial charge in [0.15, 0.2) is 11.5 Å². The molecular formula is C25H27Cl2N3O8. The molecule has 13 heteroatoms. The van der Waals surface area contributed by atoms with E-state index in [1.807, 2.05) is 0 Å². The number of rotatable bonds is 7. The Morgan fingerprint density at radius 1 is 1.11 bits per heavy atom. The molecule has 0 spiro atoms. The summed E-state index contributed by atoms with van der Waals surface area (Å²) in [5.74, 6) is -0.995. The number of carbonyl (C=O) groups is 3. The van der Waals surface area contributed by atoms with Gasteiger partial charge in [0.2, 0.25) is 5.60 Å². The average molecular weight is 568 g/mol. The lowest BCUT2D eigenvalue weighted by atomic mass is 9.98. The summed E-state index contributed by atoms with van der Waals surface area (Å²) in [6.45, 7) is 6.36. The SMILES string of the molecule is COC(=O)C1(C)ONC=C1COc1cc(C(=O)N(C(=O)OC(C)(C)C)c2c(Cl)cncc2Cl)ccc1OC. The number of imide groups is 1. The van der Waals surface area contributed by atoms with Crippen LogP contribution in [0.25, 0.3) is 0 Å². The van der Waals surface area contributed by atoms with Crippen molar-refractivity contribution in [2.24, 2.45) is 0 Å². The van der Waals surface area contributed by atoms with Gasteiger partial charge in [-0.05, 0) is 45.9 Å². The van der Waals surface area contributed by atoms with E-state index in [4.69, 9.17) is 47.0 Å². The molecule has 11 nitrogen and oxygen atoms in total. The van der Waals surface area contributed by atoms with Crippen molar-refractivity contribution in [3.63, 3.8) is 0 Å². The first-order valence-corrected chi connectivity index (χ1v) is 12.0. The highest BCUT2D eigenvalue weighted by Gasteiger charge is 2.44. The maximum atomic E-state index is 13.7. The van der Waals surface area contributed by atoms with Crippen LogP contribution >= 0.6 is 23.2 Å². The molecule has 0 saturated carbocycles. The number of esters is 1. The maximum Gasteiger partial charge on any atom is 0.422 e. The second-order valence-electron chi connectivity index (χ2n) is 9.14. The van der Waals surface area contributed by atoms with E-state index in [0.717, 1.165) is 4.90 Å². The number of carbonyl (C=O) groups excluding carboxylic acids is 3. The molecule has 1 aromatic carbocycles. The van der Waals surface area contributed by atoms with Gasteiger partial charge in [0.25, 0.3) is 5.91 Å². The summed E-state index contributed by atoms with van der Waals surface area (Å²) in [4.78, 5) is 49.0. The first kappa shape index (κ1) is 29.0. The molecular weight excluding hydrogens is 541 g/mol. The zero-order chi connectivity index (χ0) is 28.3. The molecule has 204 valence electrons. The molecule has 1 atom stereocenters. The van der Waals surface area contributed by atoms with Crippen molar-refractivity contribution in [2.45, 2.75) is 38.9 Å². The topological polar surface area (TPSA) is 126 Å². The molecule has 0 fully saturated rings. The fraction of sp³-hybridized carbons (Fsp3) is 0.360. The van der Waals surface area contributed by atoms with Gasteiger partial charge in [-0.3, -0.25) is 20.1 Å². The Bertz CT molecular complexity index is 1260. The van der Waals surface area contributed by atoms with Crippen molar-refractivity contribution in [3.8, 4) is 11.5 Å². The lowest BCUT2D eigenvalue weighted by Gasteiger charge is -2.27. The third-order valence-corrected chi connectivity index (χ3v) is 5.86. The van der Waals surface area contributed by atoms with E-state index < -0.39 is 29.2 Å². The van der Waals surface area contributed by atoms with Crippen molar-refractivity contribution in [1.29, 1.82) is 0 Å². The second kappa shape index (κ2) is 11.5. The molecule has 1 unspecified atom stereocenters. The summed E-state index contributed by atoms with van der Waals surface area (Å²) < 4.78 is 21.5. The number of nitrogens with zero attached hydrogens (tertiary/aromatic N) is 2. The molecule has 1 aliphatic heterocycles. The number of anilines is 1. The Morgan fingerprint density at radius 2 is 1.76 bits per heavy atom. The van der Waals surface area contributed by atoms with E-state index in [9.17, 15) is 14.4 Å². The van der Waals surface area contributed by atoms with Crippen LogP contribution in [0.1, 0.15) is 38.1 Å². The van der Waals surface area contributed by atoms with E-state index in [0.29, 0.717) is 5.57 Å². The van der Waals surface area contributed by atoms with Gasteiger partial charge in [-0.15, -0.1) is 0 Å². The van der Waals surface area contributed by atoms with Gasteiger partial charge in [0.05, 0.1) is 30.0 Å². The Morgan fingerprint density at radius 3 is 2.34 bits per heavy atom. The Labute approximate surface area is 229 Å². The van der Waals surface area contributed by atoms with Gasteiger partial charge in [-0.25, -0.2) is 14.5 Å². The molecule has 1 N–H and O–H groups in total. The zero-order valence-corrected chi connectivity index (χ0v) is 23.1. The zero-order valence-electron chi connectivity index (χ0n) is 21.6. The van der Waals surface area contributed by atoms with Crippen LogP contribution in [0, 0.1) is 0 Å². The smallest absolute Gasteiger partial charge is 0.422 e. The fourth-order valence-electron chi connectivity index (χ4n) is 3.38.